The summed E-state index contributed by atoms with van der Waals surface area (Å²) in [7, 11) is 0. The van der Waals surface area contributed by atoms with Gasteiger partial charge in [-0.3, -0.25) is 4.90 Å². The largest absolute Gasteiger partial charge is 0.367 e. The first-order valence-electron chi connectivity index (χ1n) is 14.2. The van der Waals surface area contributed by atoms with Gasteiger partial charge in [0.25, 0.3) is 0 Å². The van der Waals surface area contributed by atoms with Crippen LogP contribution in [0.4, 0.5) is 16.5 Å². The SMILES string of the molecule is CCc1cc(N(CC)C2CCN(Cc3ccccc3)C2)ccc1Nc1nc(-c2ccc(-n3ccnc3)cc2)cs1. The Morgan fingerprint density at radius 1 is 1.02 bits per heavy atom. The smallest absolute Gasteiger partial charge is 0.187 e. The van der Waals surface area contributed by atoms with Gasteiger partial charge in [0.15, 0.2) is 5.13 Å². The van der Waals surface area contributed by atoms with Gasteiger partial charge in [0.2, 0.25) is 0 Å². The van der Waals surface area contributed by atoms with E-state index in [1.807, 2.05) is 17.1 Å². The Bertz CT molecular complexity index is 1510. The van der Waals surface area contributed by atoms with Gasteiger partial charge in [-0.05, 0) is 61.2 Å². The van der Waals surface area contributed by atoms with Crippen LogP contribution in [0.1, 0.15) is 31.4 Å². The summed E-state index contributed by atoms with van der Waals surface area (Å²) in [5, 5.41) is 6.64. The lowest BCUT2D eigenvalue weighted by molar-refractivity contribution is 0.325. The van der Waals surface area contributed by atoms with Crippen molar-refractivity contribution in [2.24, 2.45) is 0 Å². The molecule has 3 aromatic carbocycles. The molecule has 0 spiro atoms. The molecule has 5 aromatic rings. The van der Waals surface area contributed by atoms with Crippen molar-refractivity contribution in [1.29, 1.82) is 0 Å². The molecule has 1 N–H and O–H groups in total. The van der Waals surface area contributed by atoms with Crippen LogP contribution in [0.15, 0.2) is 96.9 Å². The maximum Gasteiger partial charge on any atom is 0.187 e. The summed E-state index contributed by atoms with van der Waals surface area (Å²) >= 11 is 1.64. The predicted octanol–water partition coefficient (Wildman–Crippen LogP) is 7.40. The maximum atomic E-state index is 4.90. The molecule has 204 valence electrons. The summed E-state index contributed by atoms with van der Waals surface area (Å²) in [6.07, 6.45) is 7.72. The normalized spacial score (nSPS) is 15.4. The highest BCUT2D eigenvalue weighted by Gasteiger charge is 2.27. The standard InChI is InChI=1S/C33H36N6S/c1-3-26-20-29(39(4-2)30-16-18-37(22-30)21-25-8-6-5-7-9-25)14-15-31(26)35-33-36-32(23-40-33)27-10-12-28(13-11-27)38-19-17-34-24-38/h5-15,17,19-20,23-24,30H,3-4,16,18,21-22H2,1-2H3,(H,35,36). The molecule has 1 saturated heterocycles. The molecule has 0 amide bonds. The average Bonchev–Trinajstić information content (AvgIpc) is 3.78. The van der Waals surface area contributed by atoms with E-state index < -0.39 is 0 Å². The number of imidazole rings is 1. The molecule has 0 radical (unpaired) electrons. The molecule has 1 fully saturated rings. The molecule has 40 heavy (non-hydrogen) atoms. The Labute approximate surface area is 241 Å². The zero-order chi connectivity index (χ0) is 27.3. The molecule has 1 aliphatic heterocycles. The summed E-state index contributed by atoms with van der Waals surface area (Å²) in [4.78, 5) is 14.2. The van der Waals surface area contributed by atoms with Gasteiger partial charge < -0.3 is 14.8 Å². The number of thiazole rings is 1. The number of hydrogen-bond donors (Lipinski definition) is 1. The summed E-state index contributed by atoms with van der Waals surface area (Å²) in [5.74, 6) is 0. The first-order chi connectivity index (χ1) is 19.7. The van der Waals surface area contributed by atoms with Gasteiger partial charge in [-0.1, -0.05) is 49.4 Å². The fourth-order valence-electron chi connectivity index (χ4n) is 5.67. The van der Waals surface area contributed by atoms with Gasteiger partial charge in [-0.25, -0.2) is 9.97 Å². The third kappa shape index (κ3) is 5.81. The van der Waals surface area contributed by atoms with Gasteiger partial charge in [0.05, 0.1) is 12.0 Å². The highest BCUT2D eigenvalue weighted by molar-refractivity contribution is 7.14. The van der Waals surface area contributed by atoms with E-state index in [0.717, 1.165) is 60.4 Å². The number of aromatic nitrogens is 3. The number of likely N-dealkylation sites (N-methyl/N-ethyl adjacent to an activating group) is 1. The number of hydrogen-bond acceptors (Lipinski definition) is 6. The first-order valence-corrected chi connectivity index (χ1v) is 15.0. The van der Waals surface area contributed by atoms with E-state index in [1.165, 1.54) is 23.2 Å². The third-order valence-electron chi connectivity index (χ3n) is 7.79. The molecule has 0 saturated carbocycles. The Hall–Kier alpha value is -3.94. The van der Waals surface area contributed by atoms with Crippen LogP contribution in [0, 0.1) is 0 Å². The van der Waals surface area contributed by atoms with Crippen molar-refractivity contribution in [3.05, 3.63) is 108 Å². The fraction of sp³-hybridized carbons (Fsp3) is 0.273. The molecule has 6 nitrogen and oxygen atoms in total. The number of aryl methyl sites for hydroxylation is 1. The zero-order valence-corrected chi connectivity index (χ0v) is 24.0. The van der Waals surface area contributed by atoms with Gasteiger partial charge in [-0.15, -0.1) is 11.3 Å². The number of rotatable bonds is 10. The quantitative estimate of drug-likeness (QED) is 0.197. The maximum absolute atomic E-state index is 4.90. The van der Waals surface area contributed by atoms with Crippen LogP contribution in [0.5, 0.6) is 0 Å². The second-order valence-electron chi connectivity index (χ2n) is 10.3. The highest BCUT2D eigenvalue weighted by Crippen LogP contribution is 2.32. The lowest BCUT2D eigenvalue weighted by Crippen LogP contribution is -2.37. The Kier molecular flexibility index (Phi) is 7.93. The predicted molar refractivity (Wildman–Crippen MR) is 167 cm³/mol. The van der Waals surface area contributed by atoms with E-state index in [4.69, 9.17) is 4.98 Å². The topological polar surface area (TPSA) is 49.2 Å². The van der Waals surface area contributed by atoms with Gasteiger partial charge in [-0.2, -0.15) is 0 Å². The van der Waals surface area contributed by atoms with Crippen molar-refractivity contribution in [2.45, 2.75) is 39.3 Å². The second kappa shape index (κ2) is 12.1. The molecular weight excluding hydrogens is 512 g/mol. The van der Waals surface area contributed by atoms with E-state index >= 15 is 0 Å². The van der Waals surface area contributed by atoms with Crippen molar-refractivity contribution in [2.75, 3.05) is 29.9 Å². The zero-order valence-electron chi connectivity index (χ0n) is 23.2. The Morgan fingerprint density at radius 2 is 1.88 bits per heavy atom. The van der Waals surface area contributed by atoms with Crippen molar-refractivity contribution >= 4 is 27.8 Å². The molecular formula is C33H36N6S. The highest BCUT2D eigenvalue weighted by atomic mass is 32.1. The molecule has 3 heterocycles. The number of likely N-dealkylation sites (tertiary alicyclic amines) is 1. The molecule has 1 aliphatic rings. The van der Waals surface area contributed by atoms with Crippen LogP contribution in [-0.2, 0) is 13.0 Å². The molecule has 1 atom stereocenters. The summed E-state index contributed by atoms with van der Waals surface area (Å²) < 4.78 is 2.00. The number of nitrogens with one attached hydrogen (secondary N) is 1. The average molecular weight is 549 g/mol. The lowest BCUT2D eigenvalue weighted by atomic mass is 10.1. The van der Waals surface area contributed by atoms with Gasteiger partial charge in [0, 0.05) is 72.6 Å². The van der Waals surface area contributed by atoms with Gasteiger partial charge in [0.1, 0.15) is 0 Å². The molecule has 0 bridgehead atoms. The molecule has 7 heteroatoms. The minimum absolute atomic E-state index is 0.541. The minimum Gasteiger partial charge on any atom is -0.367 e. The van der Waals surface area contributed by atoms with Crippen molar-refractivity contribution in [3.8, 4) is 16.9 Å². The van der Waals surface area contributed by atoms with E-state index in [1.54, 1.807) is 17.5 Å². The number of nitrogens with zero attached hydrogens (tertiary/aromatic N) is 5. The first kappa shape index (κ1) is 26.3. The van der Waals surface area contributed by atoms with Gasteiger partial charge >= 0.3 is 0 Å². The molecule has 6 rings (SSSR count). The van der Waals surface area contributed by atoms with E-state index in [0.29, 0.717) is 6.04 Å². The summed E-state index contributed by atoms with van der Waals surface area (Å²) in [6, 6.07) is 26.7. The fourth-order valence-corrected chi connectivity index (χ4v) is 6.40. The Balaban J connectivity index is 1.13. The molecule has 0 aliphatic carbocycles. The van der Waals surface area contributed by atoms with Crippen LogP contribution in [-0.4, -0.2) is 45.1 Å². The van der Waals surface area contributed by atoms with Crippen molar-refractivity contribution in [1.82, 2.24) is 19.4 Å². The second-order valence-corrected chi connectivity index (χ2v) is 11.2. The van der Waals surface area contributed by atoms with Crippen LogP contribution in [0.3, 0.4) is 0 Å². The van der Waals surface area contributed by atoms with Crippen LogP contribution < -0.4 is 10.2 Å². The van der Waals surface area contributed by atoms with Crippen molar-refractivity contribution < 1.29 is 0 Å². The summed E-state index contributed by atoms with van der Waals surface area (Å²) in [6.45, 7) is 8.80. The van der Waals surface area contributed by atoms with Crippen LogP contribution >= 0.6 is 11.3 Å². The van der Waals surface area contributed by atoms with E-state index in [9.17, 15) is 0 Å². The van der Waals surface area contributed by atoms with E-state index in [2.05, 4.69) is 112 Å². The monoisotopic (exact) mass is 548 g/mol. The lowest BCUT2D eigenvalue weighted by Gasteiger charge is -2.31. The van der Waals surface area contributed by atoms with E-state index in [-0.39, 0.29) is 0 Å². The molecule has 2 aromatic heterocycles. The third-order valence-corrected chi connectivity index (χ3v) is 8.55. The summed E-state index contributed by atoms with van der Waals surface area (Å²) in [5.41, 5.74) is 8.34. The molecule has 1 unspecified atom stereocenters. The number of benzene rings is 3. The van der Waals surface area contributed by atoms with Crippen LogP contribution in [0.2, 0.25) is 0 Å². The number of anilines is 3. The van der Waals surface area contributed by atoms with Crippen LogP contribution in [0.25, 0.3) is 16.9 Å². The van der Waals surface area contributed by atoms with Crippen molar-refractivity contribution in [3.63, 3.8) is 0 Å². The Morgan fingerprint density at radius 3 is 2.62 bits per heavy atom. The minimum atomic E-state index is 0.541.